The van der Waals surface area contributed by atoms with Gasteiger partial charge in [0.25, 0.3) is 0 Å². The Morgan fingerprint density at radius 3 is 1.58 bits per heavy atom. The van der Waals surface area contributed by atoms with Gasteiger partial charge >= 0.3 is 5.97 Å². The first-order valence-corrected chi connectivity index (χ1v) is 30.8. The number of para-hydroxylation sites is 1. The van der Waals surface area contributed by atoms with Crippen molar-refractivity contribution >= 4 is 81.9 Å². The van der Waals surface area contributed by atoms with Crippen molar-refractivity contribution in [1.29, 1.82) is 0 Å². The molecule has 3 saturated heterocycles. The summed E-state index contributed by atoms with van der Waals surface area (Å²) >= 11 is 0. The molecule has 3 fully saturated rings. The Morgan fingerprint density at radius 1 is 0.584 bits per heavy atom. The number of hydrogen-bond acceptors (Lipinski definition) is 13. The number of aliphatic hydroxyl groups excluding tert-OH is 1. The first kappa shape index (κ1) is 69.5. The zero-order valence-corrected chi connectivity index (χ0v) is 51.8. The lowest BCUT2D eigenvalue weighted by Crippen LogP contribution is -2.62. The Bertz CT molecular complexity index is 3040. The smallest absolute Gasteiger partial charge is 0.305 e. The minimum atomic E-state index is -1.89. The molecule has 27 heteroatoms. The zero-order chi connectivity index (χ0) is 65.2. The van der Waals surface area contributed by atoms with Crippen LogP contribution in [0.5, 0.6) is 0 Å². The van der Waals surface area contributed by atoms with Crippen LogP contribution in [-0.4, -0.2) is 182 Å². The van der Waals surface area contributed by atoms with Crippen molar-refractivity contribution in [1.82, 2.24) is 57.3 Å². The summed E-state index contributed by atoms with van der Waals surface area (Å²) in [6, 6.07) is 1.74. The van der Waals surface area contributed by atoms with Gasteiger partial charge in [0.2, 0.25) is 59.1 Å². The third-order valence-electron chi connectivity index (χ3n) is 16.4. The van der Waals surface area contributed by atoms with E-state index in [0.717, 1.165) is 10.9 Å². The molecule has 10 amide bonds. The number of aliphatic hydroxyl groups is 1. The molecule has 15 N–H and O–H groups in total. The van der Waals surface area contributed by atoms with Crippen molar-refractivity contribution in [2.45, 2.75) is 192 Å². The number of fused-ring (bicyclic) bond motifs is 3. The molecule has 27 nitrogen and oxygen atoms in total. The van der Waals surface area contributed by atoms with Crippen LogP contribution in [0.1, 0.15) is 124 Å². The summed E-state index contributed by atoms with van der Waals surface area (Å²) in [4.78, 5) is 169. The maximum atomic E-state index is 15.1. The summed E-state index contributed by atoms with van der Waals surface area (Å²) in [6.07, 6.45) is 0.203. The molecule has 6 rings (SSSR count). The van der Waals surface area contributed by atoms with Gasteiger partial charge in [0.1, 0.15) is 60.4 Å². The number of aliphatic carboxylic acids is 1. The Morgan fingerprint density at radius 2 is 1.06 bits per heavy atom. The topological polar surface area (TPSA) is 411 Å². The number of carboxylic acids is 1. The van der Waals surface area contributed by atoms with Crippen molar-refractivity contribution in [3.8, 4) is 0 Å². The first-order valence-electron chi connectivity index (χ1n) is 30.8. The Labute approximate surface area is 518 Å². The van der Waals surface area contributed by atoms with E-state index in [4.69, 9.17) is 11.5 Å². The van der Waals surface area contributed by atoms with Gasteiger partial charge in [-0.1, -0.05) is 96.5 Å². The number of H-pyrrole nitrogens is 1. The number of benzene rings is 2. The summed E-state index contributed by atoms with van der Waals surface area (Å²) < 4.78 is 0. The number of nitrogens with one attached hydrogen (secondary N) is 9. The summed E-state index contributed by atoms with van der Waals surface area (Å²) in [5.41, 5.74) is 13.2. The monoisotopic (exact) mass is 1240 g/mol. The van der Waals surface area contributed by atoms with Crippen molar-refractivity contribution in [2.24, 2.45) is 34.2 Å². The van der Waals surface area contributed by atoms with Gasteiger partial charge in [0.05, 0.1) is 12.5 Å². The number of carbonyl (C=O) groups is 11. The number of aliphatic imine (C=N–C) groups is 1. The fraction of sp³-hybridized carbons (Fsp3) is 0.581. The maximum Gasteiger partial charge on any atom is 0.305 e. The van der Waals surface area contributed by atoms with E-state index in [1.54, 1.807) is 63.4 Å². The molecule has 0 radical (unpaired) electrons. The summed E-state index contributed by atoms with van der Waals surface area (Å²) in [6.45, 7) is 12.0. The van der Waals surface area contributed by atoms with Crippen LogP contribution in [0, 0.1) is 17.8 Å². The number of nitrogens with zero attached hydrogens (tertiary/aromatic N) is 3. The van der Waals surface area contributed by atoms with Gasteiger partial charge in [-0.15, -0.1) is 0 Å². The lowest BCUT2D eigenvalue weighted by molar-refractivity contribution is -0.144. The summed E-state index contributed by atoms with van der Waals surface area (Å²) in [5, 5.41) is 43.4. The molecule has 0 spiro atoms. The molecule has 3 aliphatic heterocycles. The highest BCUT2D eigenvalue weighted by Crippen LogP contribution is 2.25. The minimum absolute atomic E-state index is 0.0141. The average Bonchev–Trinajstić information content (AvgIpc) is 2.49. The van der Waals surface area contributed by atoms with Crippen molar-refractivity contribution in [3.63, 3.8) is 0 Å². The molecule has 89 heavy (non-hydrogen) atoms. The van der Waals surface area contributed by atoms with Crippen molar-refractivity contribution < 1.29 is 63.0 Å². The third-order valence-corrected chi connectivity index (χ3v) is 16.4. The van der Waals surface area contributed by atoms with Crippen LogP contribution in [0.15, 0.2) is 65.8 Å². The Kier molecular flexibility index (Phi) is 25.4. The average molecular weight is 1240 g/mol. The summed E-state index contributed by atoms with van der Waals surface area (Å²) in [5.74, 6) is -11.2. The van der Waals surface area contributed by atoms with Crippen molar-refractivity contribution in [2.75, 3.05) is 19.6 Å². The molecule has 12 atom stereocenters. The fourth-order valence-electron chi connectivity index (χ4n) is 11.6. The second-order valence-electron chi connectivity index (χ2n) is 24.4. The molecule has 4 heterocycles. The van der Waals surface area contributed by atoms with Crippen LogP contribution in [-0.2, 0) is 65.6 Å². The van der Waals surface area contributed by atoms with Crippen LogP contribution < -0.4 is 54.0 Å². The molecule has 486 valence electrons. The standard InChI is InChI=1S/C62H90N14O13/c1-8-35(6)50-58(86)67-41(21-14-24-65-62(63)64)52(80)68-42(27-33(2)3)54(82)72-46(30-38-32-66-40-20-13-12-19-39(38)40)61(89)76-26-16-23-48(76)57(85)74-51(36(7)77)59(87)70-44(31-49(78)79)55(83)69-43(28-34(4)5)53(81)71-45(29-37-17-10-9-11-18-37)60(88)75-25-15-22-47(75)56(84)73-50/h9-13,17-20,32-36,41-48,50-51,66,77H,8,14-16,21-31H2,1-7H3,(H,67,86)(H,68,80)(H,69,83)(H,70,87)(H,71,81)(H,72,82)(H,73,84)(H,74,85)(H,78,79)(H4,63,64,65)/t35-,36+,41-,42-,43-,44-,45+,46+,47-,48-,50-,51-/m0/s1. The van der Waals surface area contributed by atoms with Crippen LogP contribution in [0.2, 0.25) is 0 Å². The Balaban J connectivity index is 1.44. The van der Waals surface area contributed by atoms with Gasteiger partial charge in [-0.2, -0.15) is 0 Å². The number of rotatable bonds is 17. The SMILES string of the molecule is CC[C@H](C)[C@@H]1NC(=O)[C@@H]2CCCN2C(=O)[C@@H](Cc2ccccc2)NC(=O)[C@H](CC(C)C)NC(=O)[C@H](CC(=O)O)NC(=O)[C@H]([C@@H](C)O)NC(=O)[C@@H]2CCCN2C(=O)[C@@H](Cc2c[nH]c3ccccc23)NC(=O)[C@H](CC(C)C)NC(=O)[C@H](CCCN=C(N)N)NC1=O. The molecule has 0 unspecified atom stereocenters. The van der Waals surface area contributed by atoms with Gasteiger partial charge in [0, 0.05) is 49.6 Å². The number of carboxylic acid groups (broad SMARTS) is 1. The largest absolute Gasteiger partial charge is 0.481 e. The van der Waals surface area contributed by atoms with Crippen LogP contribution in [0.25, 0.3) is 10.9 Å². The van der Waals surface area contributed by atoms with E-state index >= 15 is 4.79 Å². The first-order chi connectivity index (χ1) is 42.3. The van der Waals surface area contributed by atoms with Crippen molar-refractivity contribution in [3.05, 3.63) is 71.9 Å². The van der Waals surface area contributed by atoms with E-state index in [9.17, 15) is 58.2 Å². The number of guanidine groups is 1. The number of nitrogens with two attached hydrogens (primary N) is 2. The summed E-state index contributed by atoms with van der Waals surface area (Å²) in [7, 11) is 0. The molecule has 3 aliphatic rings. The van der Waals surface area contributed by atoms with Gasteiger partial charge in [-0.25, -0.2) is 0 Å². The molecule has 0 saturated carbocycles. The number of hydrogen-bond donors (Lipinski definition) is 13. The quantitative estimate of drug-likeness (QED) is 0.0476. The fourth-order valence-corrected chi connectivity index (χ4v) is 11.6. The van der Waals surface area contributed by atoms with Crippen LogP contribution in [0.3, 0.4) is 0 Å². The maximum absolute atomic E-state index is 15.1. The molecule has 0 bridgehead atoms. The highest BCUT2D eigenvalue weighted by atomic mass is 16.4. The lowest BCUT2D eigenvalue weighted by Gasteiger charge is -2.33. The zero-order valence-electron chi connectivity index (χ0n) is 51.8. The number of amides is 10. The normalized spacial score (nSPS) is 26.0. The van der Waals surface area contributed by atoms with Crippen LogP contribution in [0.4, 0.5) is 0 Å². The number of aromatic amines is 1. The second-order valence-corrected chi connectivity index (χ2v) is 24.4. The minimum Gasteiger partial charge on any atom is -0.481 e. The molecule has 3 aromatic rings. The van der Waals surface area contributed by atoms with Gasteiger partial charge in [-0.3, -0.25) is 57.7 Å². The van der Waals surface area contributed by atoms with Crippen LogP contribution >= 0.6 is 0 Å². The van der Waals surface area contributed by atoms with E-state index in [1.165, 1.54) is 16.7 Å². The predicted molar refractivity (Wildman–Crippen MR) is 329 cm³/mol. The van der Waals surface area contributed by atoms with Gasteiger partial charge in [0.15, 0.2) is 5.96 Å². The van der Waals surface area contributed by atoms with E-state index < -0.39 is 144 Å². The van der Waals surface area contributed by atoms with E-state index in [2.05, 4.69) is 52.5 Å². The number of carbonyl (C=O) groups excluding carboxylic acids is 10. The lowest BCUT2D eigenvalue weighted by atomic mass is 9.96. The highest BCUT2D eigenvalue weighted by Gasteiger charge is 2.44. The molecule has 1 aromatic heterocycles. The highest BCUT2D eigenvalue weighted by molar-refractivity contribution is 6.01. The van der Waals surface area contributed by atoms with E-state index in [-0.39, 0.29) is 88.8 Å². The second kappa shape index (κ2) is 32.6. The predicted octanol–water partition coefficient (Wildman–Crippen LogP) is -0.126. The molecule has 0 aliphatic carbocycles. The third kappa shape index (κ3) is 19.4. The van der Waals surface area contributed by atoms with Gasteiger partial charge < -0.3 is 79.0 Å². The van der Waals surface area contributed by atoms with E-state index in [0.29, 0.717) is 30.4 Å². The van der Waals surface area contributed by atoms with E-state index in [1.807, 2.05) is 39.0 Å². The molecular formula is C62H90N14O13. The molecular weight excluding hydrogens is 1150 g/mol. The number of aromatic nitrogens is 1. The molecule has 2 aromatic carbocycles. The van der Waals surface area contributed by atoms with Gasteiger partial charge in [-0.05, 0) is 93.2 Å². The Hall–Kier alpha value is -8.62.